The van der Waals surface area contributed by atoms with Gasteiger partial charge in [0.15, 0.2) is 0 Å². The van der Waals surface area contributed by atoms with Crippen LogP contribution in [0.2, 0.25) is 5.02 Å². The smallest absolute Gasteiger partial charge is 0.0761 e. The average Bonchev–Trinajstić information content (AvgIpc) is 2.39. The molecule has 0 aliphatic heterocycles. The summed E-state index contributed by atoms with van der Waals surface area (Å²) in [5.74, 6) is 0. The number of likely N-dealkylation sites (N-methyl/N-ethyl adjacent to an activating group) is 1. The van der Waals surface area contributed by atoms with Gasteiger partial charge in [0, 0.05) is 17.0 Å². The minimum Gasteiger partial charge on any atom is -0.391 e. The van der Waals surface area contributed by atoms with Crippen molar-refractivity contribution in [3.05, 3.63) is 34.9 Å². The van der Waals surface area contributed by atoms with Gasteiger partial charge in [0.1, 0.15) is 0 Å². The maximum absolute atomic E-state index is 10.7. The van der Waals surface area contributed by atoms with Crippen molar-refractivity contribution in [2.45, 2.75) is 52.2 Å². The quantitative estimate of drug-likeness (QED) is 0.824. The van der Waals surface area contributed by atoms with Crippen molar-refractivity contribution >= 4 is 11.6 Å². The molecule has 19 heavy (non-hydrogen) atoms. The Balaban J connectivity index is 2.87. The first-order valence-electron chi connectivity index (χ1n) is 7.15. The van der Waals surface area contributed by atoms with Gasteiger partial charge in [0.05, 0.1) is 6.10 Å². The third kappa shape index (κ3) is 3.95. The second-order valence-electron chi connectivity index (χ2n) is 5.23. The van der Waals surface area contributed by atoms with Crippen molar-refractivity contribution in [2.75, 3.05) is 13.1 Å². The van der Waals surface area contributed by atoms with Crippen LogP contribution in [0.3, 0.4) is 0 Å². The van der Waals surface area contributed by atoms with Gasteiger partial charge in [-0.15, -0.1) is 0 Å². The van der Waals surface area contributed by atoms with E-state index in [0.29, 0.717) is 6.42 Å². The second kappa shape index (κ2) is 7.28. The van der Waals surface area contributed by atoms with Crippen LogP contribution >= 0.6 is 11.6 Å². The van der Waals surface area contributed by atoms with Gasteiger partial charge in [-0.1, -0.05) is 44.5 Å². The lowest BCUT2D eigenvalue weighted by Crippen LogP contribution is -2.54. The highest BCUT2D eigenvalue weighted by Gasteiger charge is 2.35. The Morgan fingerprint density at radius 1 is 1.26 bits per heavy atom. The van der Waals surface area contributed by atoms with Crippen LogP contribution < -0.4 is 0 Å². The average molecular weight is 284 g/mol. The van der Waals surface area contributed by atoms with E-state index in [2.05, 4.69) is 32.6 Å². The van der Waals surface area contributed by atoms with Crippen LogP contribution in [0.25, 0.3) is 0 Å². The minimum atomic E-state index is -0.393. The number of benzene rings is 1. The fraction of sp³-hybridized carbons (Fsp3) is 0.625. The maximum Gasteiger partial charge on any atom is 0.0761 e. The van der Waals surface area contributed by atoms with Crippen molar-refractivity contribution in [1.82, 2.24) is 4.90 Å². The van der Waals surface area contributed by atoms with Crippen molar-refractivity contribution in [3.63, 3.8) is 0 Å². The predicted octanol–water partition coefficient (Wildman–Crippen LogP) is 3.75. The van der Waals surface area contributed by atoms with Crippen LogP contribution in [0.1, 0.15) is 39.7 Å². The van der Waals surface area contributed by atoms with E-state index in [4.69, 9.17) is 11.6 Å². The highest BCUT2D eigenvalue weighted by atomic mass is 35.5. The highest BCUT2D eigenvalue weighted by molar-refractivity contribution is 6.30. The zero-order chi connectivity index (χ0) is 14.5. The molecule has 1 aromatic rings. The van der Waals surface area contributed by atoms with Crippen LogP contribution in [0.4, 0.5) is 0 Å². The first-order valence-corrected chi connectivity index (χ1v) is 7.53. The van der Waals surface area contributed by atoms with Gasteiger partial charge in [-0.05, 0) is 44.1 Å². The highest BCUT2D eigenvalue weighted by Crippen LogP contribution is 2.26. The Morgan fingerprint density at radius 2 is 1.89 bits per heavy atom. The van der Waals surface area contributed by atoms with Crippen molar-refractivity contribution < 1.29 is 5.11 Å². The molecule has 108 valence electrons. The number of rotatable bonds is 7. The van der Waals surface area contributed by atoms with E-state index < -0.39 is 6.10 Å². The summed E-state index contributed by atoms with van der Waals surface area (Å²) in [5.41, 5.74) is 0.901. The number of hydrogen-bond acceptors (Lipinski definition) is 2. The van der Waals surface area contributed by atoms with Crippen LogP contribution in [0.5, 0.6) is 0 Å². The summed E-state index contributed by atoms with van der Waals surface area (Å²) in [7, 11) is 0. The topological polar surface area (TPSA) is 23.5 Å². The molecule has 3 heteroatoms. The van der Waals surface area contributed by atoms with Gasteiger partial charge in [-0.2, -0.15) is 0 Å². The molecule has 0 aliphatic carbocycles. The lowest BCUT2D eigenvalue weighted by molar-refractivity contribution is -0.0190. The molecule has 0 spiro atoms. The molecular formula is C16H26ClNO. The van der Waals surface area contributed by atoms with Crippen LogP contribution in [0.15, 0.2) is 24.3 Å². The fourth-order valence-corrected chi connectivity index (χ4v) is 2.94. The summed E-state index contributed by atoms with van der Waals surface area (Å²) in [4.78, 5) is 2.34. The molecule has 1 rings (SSSR count). The molecule has 0 saturated heterocycles. The Hall–Kier alpha value is -0.570. The predicted molar refractivity (Wildman–Crippen MR) is 82.8 cm³/mol. The molecular weight excluding hydrogens is 258 g/mol. The van der Waals surface area contributed by atoms with E-state index >= 15 is 0 Å². The monoisotopic (exact) mass is 283 g/mol. The van der Waals surface area contributed by atoms with Crippen molar-refractivity contribution in [2.24, 2.45) is 0 Å². The molecule has 1 N–H and O–H groups in total. The molecule has 0 saturated carbocycles. The number of halogens is 1. The van der Waals surface area contributed by atoms with Crippen molar-refractivity contribution in [3.8, 4) is 0 Å². The maximum atomic E-state index is 10.7. The van der Waals surface area contributed by atoms with Gasteiger partial charge >= 0.3 is 0 Å². The van der Waals surface area contributed by atoms with Crippen LogP contribution in [0, 0.1) is 0 Å². The van der Waals surface area contributed by atoms with Crippen molar-refractivity contribution in [1.29, 1.82) is 0 Å². The second-order valence-corrected chi connectivity index (χ2v) is 5.67. The normalized spacial score (nSPS) is 16.4. The summed E-state index contributed by atoms with van der Waals surface area (Å²) >= 11 is 6.00. The largest absolute Gasteiger partial charge is 0.391 e. The first-order chi connectivity index (χ1) is 8.97. The Morgan fingerprint density at radius 3 is 2.37 bits per heavy atom. The van der Waals surface area contributed by atoms with Gasteiger partial charge < -0.3 is 5.11 Å². The molecule has 0 radical (unpaired) electrons. The lowest BCUT2D eigenvalue weighted by atomic mass is 9.85. The van der Waals surface area contributed by atoms with Gasteiger partial charge in [0.2, 0.25) is 0 Å². The first kappa shape index (κ1) is 16.5. The van der Waals surface area contributed by atoms with E-state index in [0.717, 1.165) is 30.1 Å². The van der Waals surface area contributed by atoms with E-state index in [1.165, 1.54) is 0 Å². The van der Waals surface area contributed by atoms with Gasteiger partial charge in [-0.3, -0.25) is 4.90 Å². The van der Waals surface area contributed by atoms with E-state index in [-0.39, 0.29) is 5.54 Å². The Bertz CT molecular complexity index is 392. The Labute approximate surface area is 122 Å². The number of aliphatic hydroxyl groups is 1. The van der Waals surface area contributed by atoms with E-state index in [1.54, 1.807) is 0 Å². The fourth-order valence-electron chi connectivity index (χ4n) is 2.72. The molecule has 2 atom stereocenters. The SMILES string of the molecule is CCN(CC)C(C)(CC)C(O)Cc1cccc(Cl)c1. The molecule has 0 heterocycles. The molecule has 0 bridgehead atoms. The third-order valence-electron chi connectivity index (χ3n) is 4.24. The molecule has 0 aliphatic rings. The summed E-state index contributed by atoms with van der Waals surface area (Å²) < 4.78 is 0. The van der Waals surface area contributed by atoms with Gasteiger partial charge in [0.25, 0.3) is 0 Å². The third-order valence-corrected chi connectivity index (χ3v) is 4.47. The summed E-state index contributed by atoms with van der Waals surface area (Å²) in [6.45, 7) is 10.5. The number of aliphatic hydroxyl groups excluding tert-OH is 1. The standard InChI is InChI=1S/C16H26ClNO/c1-5-16(4,18(6-2)7-3)15(19)12-13-9-8-10-14(17)11-13/h8-11,15,19H,5-7,12H2,1-4H3. The lowest BCUT2D eigenvalue weighted by Gasteiger charge is -2.43. The summed E-state index contributed by atoms with van der Waals surface area (Å²) in [6.07, 6.45) is 1.17. The molecule has 0 fully saturated rings. The molecule has 2 unspecified atom stereocenters. The van der Waals surface area contributed by atoms with Gasteiger partial charge in [-0.25, -0.2) is 0 Å². The zero-order valence-corrected chi connectivity index (χ0v) is 13.2. The van der Waals surface area contributed by atoms with Crippen LogP contribution in [-0.2, 0) is 6.42 Å². The zero-order valence-electron chi connectivity index (χ0n) is 12.5. The molecule has 0 amide bonds. The molecule has 2 nitrogen and oxygen atoms in total. The molecule has 0 aromatic heterocycles. The minimum absolute atomic E-state index is 0.189. The van der Waals surface area contributed by atoms with Crippen LogP contribution in [-0.4, -0.2) is 34.7 Å². The molecule has 1 aromatic carbocycles. The Kier molecular flexibility index (Phi) is 6.31. The van der Waals surface area contributed by atoms with E-state index in [1.807, 2.05) is 24.3 Å². The summed E-state index contributed by atoms with van der Waals surface area (Å²) in [6, 6.07) is 7.75. The number of nitrogens with zero attached hydrogens (tertiary/aromatic N) is 1. The summed E-state index contributed by atoms with van der Waals surface area (Å²) in [5, 5.41) is 11.4. The van der Waals surface area contributed by atoms with E-state index in [9.17, 15) is 5.11 Å². The number of hydrogen-bond donors (Lipinski definition) is 1.